The highest BCUT2D eigenvalue weighted by molar-refractivity contribution is 5.68. The van der Waals surface area contributed by atoms with Crippen molar-refractivity contribution >= 4 is 6.09 Å². The molecular formula is C15H24N2O4. The predicted molar refractivity (Wildman–Crippen MR) is 77.9 cm³/mol. The Morgan fingerprint density at radius 1 is 1.62 bits per heavy atom. The van der Waals surface area contributed by atoms with E-state index in [4.69, 9.17) is 9.15 Å². The number of carbonyl (C=O) groups is 1. The van der Waals surface area contributed by atoms with Gasteiger partial charge in [0.25, 0.3) is 0 Å². The minimum absolute atomic E-state index is 0.169. The van der Waals surface area contributed by atoms with E-state index in [1.165, 1.54) is 0 Å². The zero-order chi connectivity index (χ0) is 15.5. The molecule has 6 nitrogen and oxygen atoms in total. The number of amides is 1. The van der Waals surface area contributed by atoms with Crippen molar-refractivity contribution in [2.45, 2.75) is 44.9 Å². The first-order valence-electron chi connectivity index (χ1n) is 7.28. The van der Waals surface area contributed by atoms with Crippen molar-refractivity contribution in [3.05, 3.63) is 24.2 Å². The van der Waals surface area contributed by atoms with E-state index in [0.29, 0.717) is 25.4 Å². The van der Waals surface area contributed by atoms with Gasteiger partial charge in [-0.1, -0.05) is 0 Å². The molecule has 0 aromatic carbocycles. The molecule has 1 amide bonds. The lowest BCUT2D eigenvalue weighted by atomic mass is 10.2. The molecule has 1 aromatic heterocycles. The Bertz CT molecular complexity index is 453. The molecule has 0 spiro atoms. The lowest BCUT2D eigenvalue weighted by Crippen LogP contribution is -2.39. The highest BCUT2D eigenvalue weighted by Crippen LogP contribution is 2.17. The first-order valence-corrected chi connectivity index (χ1v) is 7.28. The average molecular weight is 296 g/mol. The van der Waals surface area contributed by atoms with Gasteiger partial charge in [-0.05, 0) is 39.3 Å². The number of rotatable bonds is 4. The first kappa shape index (κ1) is 15.9. The normalized spacial score (nSPS) is 20.6. The Hall–Kier alpha value is -1.53. The number of carbonyl (C=O) groups excluding carboxylic acids is 1. The van der Waals surface area contributed by atoms with E-state index in [0.717, 1.165) is 6.42 Å². The van der Waals surface area contributed by atoms with Gasteiger partial charge in [0.15, 0.2) is 0 Å². The second-order valence-electron chi connectivity index (χ2n) is 6.35. The Kier molecular flexibility index (Phi) is 4.90. The molecule has 2 atom stereocenters. The van der Waals surface area contributed by atoms with Gasteiger partial charge >= 0.3 is 6.09 Å². The predicted octanol–water partition coefficient (Wildman–Crippen LogP) is 1.91. The third-order valence-electron chi connectivity index (χ3n) is 3.31. The molecule has 2 heterocycles. The fourth-order valence-corrected chi connectivity index (χ4v) is 2.28. The Morgan fingerprint density at radius 2 is 2.38 bits per heavy atom. The van der Waals surface area contributed by atoms with Crippen LogP contribution < -0.4 is 5.32 Å². The van der Waals surface area contributed by atoms with Crippen molar-refractivity contribution in [2.75, 3.05) is 19.6 Å². The summed E-state index contributed by atoms with van der Waals surface area (Å²) in [5.41, 5.74) is -0.474. The third-order valence-corrected chi connectivity index (χ3v) is 3.31. The molecule has 118 valence electrons. The van der Waals surface area contributed by atoms with Crippen LogP contribution in [0.5, 0.6) is 0 Å². The van der Waals surface area contributed by atoms with Crippen LogP contribution in [0.3, 0.4) is 0 Å². The fraction of sp³-hybridized carbons (Fsp3) is 0.667. The van der Waals surface area contributed by atoms with Crippen molar-refractivity contribution in [1.29, 1.82) is 0 Å². The summed E-state index contributed by atoms with van der Waals surface area (Å²) in [4.78, 5) is 13.6. The van der Waals surface area contributed by atoms with Gasteiger partial charge < -0.3 is 24.5 Å². The number of hydrogen-bond acceptors (Lipinski definition) is 5. The molecular weight excluding hydrogens is 272 g/mol. The molecule has 0 aliphatic carbocycles. The molecule has 1 saturated heterocycles. The van der Waals surface area contributed by atoms with E-state index in [-0.39, 0.29) is 12.1 Å². The molecule has 21 heavy (non-hydrogen) atoms. The minimum atomic E-state index is -0.671. The van der Waals surface area contributed by atoms with Crippen LogP contribution in [-0.2, 0) is 4.74 Å². The van der Waals surface area contributed by atoms with Crippen LogP contribution in [-0.4, -0.2) is 47.4 Å². The van der Waals surface area contributed by atoms with Gasteiger partial charge in [0.2, 0.25) is 0 Å². The van der Waals surface area contributed by atoms with Gasteiger partial charge in [-0.25, -0.2) is 4.79 Å². The van der Waals surface area contributed by atoms with Crippen LogP contribution in [0.1, 0.15) is 39.1 Å². The molecule has 1 fully saturated rings. The van der Waals surface area contributed by atoms with Crippen molar-refractivity contribution in [2.24, 2.45) is 0 Å². The molecule has 2 rings (SSSR count). The fourth-order valence-electron chi connectivity index (χ4n) is 2.28. The number of likely N-dealkylation sites (tertiary alicyclic amines) is 1. The quantitative estimate of drug-likeness (QED) is 0.888. The number of hydrogen-bond donors (Lipinski definition) is 2. The smallest absolute Gasteiger partial charge is 0.410 e. The summed E-state index contributed by atoms with van der Waals surface area (Å²) < 4.78 is 10.5. The molecule has 6 heteroatoms. The summed E-state index contributed by atoms with van der Waals surface area (Å²) in [6, 6.07) is 3.66. The SMILES string of the molecule is CC(C)(C)OC(=O)N1CCC(NCC(O)c2ccco2)C1. The standard InChI is InChI=1S/C15H24N2O4/c1-15(2,3)21-14(19)17-7-6-11(10-17)16-9-12(18)13-5-4-8-20-13/h4-5,8,11-12,16,18H,6-7,9-10H2,1-3H3. The maximum absolute atomic E-state index is 11.9. The third kappa shape index (κ3) is 4.75. The highest BCUT2D eigenvalue weighted by atomic mass is 16.6. The van der Waals surface area contributed by atoms with Crippen LogP contribution >= 0.6 is 0 Å². The molecule has 2 unspecified atom stereocenters. The van der Waals surface area contributed by atoms with Crippen molar-refractivity contribution in [3.8, 4) is 0 Å². The van der Waals surface area contributed by atoms with Gasteiger partial charge in [-0.3, -0.25) is 0 Å². The zero-order valence-corrected chi connectivity index (χ0v) is 12.8. The molecule has 1 aliphatic rings. The van der Waals surface area contributed by atoms with E-state index in [1.54, 1.807) is 23.3 Å². The van der Waals surface area contributed by atoms with Crippen LogP contribution in [0.2, 0.25) is 0 Å². The van der Waals surface area contributed by atoms with Gasteiger partial charge in [-0.2, -0.15) is 0 Å². The summed E-state index contributed by atoms with van der Waals surface area (Å²) in [5, 5.41) is 13.2. The Labute approximate surface area is 125 Å². The summed E-state index contributed by atoms with van der Waals surface area (Å²) in [5.74, 6) is 0.546. The summed E-state index contributed by atoms with van der Waals surface area (Å²) >= 11 is 0. The summed E-state index contributed by atoms with van der Waals surface area (Å²) in [7, 11) is 0. The zero-order valence-electron chi connectivity index (χ0n) is 12.8. The van der Waals surface area contributed by atoms with Crippen LogP contribution in [0, 0.1) is 0 Å². The van der Waals surface area contributed by atoms with Crippen LogP contribution in [0.4, 0.5) is 4.79 Å². The second kappa shape index (κ2) is 6.49. The maximum atomic E-state index is 11.9. The maximum Gasteiger partial charge on any atom is 0.410 e. The minimum Gasteiger partial charge on any atom is -0.467 e. The van der Waals surface area contributed by atoms with Crippen molar-refractivity contribution in [1.82, 2.24) is 10.2 Å². The Balaban J connectivity index is 1.74. The van der Waals surface area contributed by atoms with Gasteiger partial charge in [0, 0.05) is 25.7 Å². The van der Waals surface area contributed by atoms with Crippen LogP contribution in [0.25, 0.3) is 0 Å². The highest BCUT2D eigenvalue weighted by Gasteiger charge is 2.29. The number of nitrogens with zero attached hydrogens (tertiary/aromatic N) is 1. The number of nitrogens with one attached hydrogen (secondary N) is 1. The van der Waals surface area contributed by atoms with Gasteiger partial charge in [-0.15, -0.1) is 0 Å². The first-order chi connectivity index (χ1) is 9.85. The van der Waals surface area contributed by atoms with Gasteiger partial charge in [0.1, 0.15) is 17.5 Å². The number of ether oxygens (including phenoxy) is 1. The molecule has 0 saturated carbocycles. The van der Waals surface area contributed by atoms with E-state index in [2.05, 4.69) is 5.32 Å². The topological polar surface area (TPSA) is 74.9 Å². The number of aliphatic hydroxyl groups is 1. The van der Waals surface area contributed by atoms with Crippen LogP contribution in [0.15, 0.2) is 22.8 Å². The van der Waals surface area contributed by atoms with E-state index in [9.17, 15) is 9.90 Å². The molecule has 0 bridgehead atoms. The largest absolute Gasteiger partial charge is 0.467 e. The number of furan rings is 1. The summed E-state index contributed by atoms with van der Waals surface area (Å²) in [6.45, 7) is 7.24. The van der Waals surface area contributed by atoms with Gasteiger partial charge in [0.05, 0.1) is 6.26 Å². The lowest BCUT2D eigenvalue weighted by molar-refractivity contribution is 0.0290. The van der Waals surface area contributed by atoms with E-state index >= 15 is 0 Å². The Morgan fingerprint density at radius 3 is 3.00 bits per heavy atom. The van der Waals surface area contributed by atoms with Crippen molar-refractivity contribution in [3.63, 3.8) is 0 Å². The van der Waals surface area contributed by atoms with E-state index < -0.39 is 11.7 Å². The lowest BCUT2D eigenvalue weighted by Gasteiger charge is -2.24. The van der Waals surface area contributed by atoms with E-state index in [1.807, 2.05) is 20.8 Å². The molecule has 1 aliphatic heterocycles. The average Bonchev–Trinajstić information content (AvgIpc) is 3.05. The number of aliphatic hydroxyl groups excluding tert-OH is 1. The molecule has 2 N–H and O–H groups in total. The second-order valence-corrected chi connectivity index (χ2v) is 6.35. The van der Waals surface area contributed by atoms with Crippen molar-refractivity contribution < 1.29 is 19.1 Å². The summed E-state index contributed by atoms with van der Waals surface area (Å²) in [6.07, 6.45) is 1.44. The molecule has 1 aromatic rings. The molecule has 0 radical (unpaired) electrons. The monoisotopic (exact) mass is 296 g/mol.